The van der Waals surface area contributed by atoms with E-state index in [0.717, 1.165) is 5.25 Å². The van der Waals surface area contributed by atoms with Gasteiger partial charge in [-0.3, -0.25) is 0 Å². The maximum Gasteiger partial charge on any atom is 0.0347 e. The second kappa shape index (κ2) is 3.22. The van der Waals surface area contributed by atoms with E-state index in [-0.39, 0.29) is 0 Å². The van der Waals surface area contributed by atoms with Gasteiger partial charge < -0.3 is 0 Å². The lowest BCUT2D eigenvalue weighted by Gasteiger charge is -2.20. The van der Waals surface area contributed by atoms with Gasteiger partial charge in [-0.25, -0.2) is 0 Å². The topological polar surface area (TPSA) is 0 Å². The molecular weight excluding hydrogens is 160 g/mol. The summed E-state index contributed by atoms with van der Waals surface area (Å²) in [5.74, 6) is 0. The molecule has 2 heteroatoms. The Balaban J connectivity index is 2.31. The minimum atomic E-state index is 0.479. The average Bonchev–Trinajstić information content (AvgIpc) is 2.12. The van der Waals surface area contributed by atoms with Crippen molar-refractivity contribution in [3.05, 3.63) is 11.5 Å². The van der Waals surface area contributed by atoms with E-state index < -0.39 is 0 Å². The van der Waals surface area contributed by atoms with Crippen molar-refractivity contribution in [3.8, 4) is 0 Å². The normalized spacial score (nSPS) is 25.7. The Hall–Kier alpha value is 0.440. The molecule has 0 radical (unpaired) electrons. The van der Waals surface area contributed by atoms with E-state index in [9.17, 15) is 0 Å². The van der Waals surface area contributed by atoms with Crippen LogP contribution >= 0.6 is 21.6 Å². The molecule has 0 aromatic rings. The smallest absolute Gasteiger partial charge is 0.0347 e. The maximum absolute atomic E-state index is 2.31. The van der Waals surface area contributed by atoms with Crippen LogP contribution in [0.3, 0.4) is 0 Å². The molecule has 0 saturated heterocycles. The molecule has 0 saturated carbocycles. The molecule has 0 fully saturated rings. The van der Waals surface area contributed by atoms with Crippen LogP contribution < -0.4 is 0 Å². The Kier molecular flexibility index (Phi) is 2.75. The molecule has 58 valence electrons. The predicted octanol–water partition coefficient (Wildman–Crippen LogP) is 3.70. The summed E-state index contributed by atoms with van der Waals surface area (Å²) < 4.78 is 0. The molecule has 1 unspecified atom stereocenters. The third-order valence-electron chi connectivity index (χ3n) is 1.34. The van der Waals surface area contributed by atoms with Crippen LogP contribution in [0.1, 0.15) is 27.2 Å². The largest absolute Gasteiger partial charge is 0.0819 e. The summed E-state index contributed by atoms with van der Waals surface area (Å²) in [7, 11) is 3.83. The molecule has 0 N–H and O–H groups in total. The highest BCUT2D eigenvalue weighted by molar-refractivity contribution is 8.78. The zero-order valence-corrected chi connectivity index (χ0v) is 8.39. The molecule has 1 atom stereocenters. The quantitative estimate of drug-likeness (QED) is 0.556. The van der Waals surface area contributed by atoms with E-state index in [1.807, 2.05) is 21.6 Å². The molecule has 10 heavy (non-hydrogen) atoms. The van der Waals surface area contributed by atoms with Crippen LogP contribution in [-0.2, 0) is 0 Å². The van der Waals surface area contributed by atoms with Gasteiger partial charge in [0.05, 0.1) is 0 Å². The third-order valence-corrected chi connectivity index (χ3v) is 3.70. The third kappa shape index (κ3) is 3.02. The Bertz CT molecular complexity index is 133. The van der Waals surface area contributed by atoms with Gasteiger partial charge in [-0.2, -0.15) is 0 Å². The lowest BCUT2D eigenvalue weighted by Crippen LogP contribution is -2.11. The second-order valence-corrected chi connectivity index (χ2v) is 6.24. The lowest BCUT2D eigenvalue weighted by atomic mass is 9.90. The van der Waals surface area contributed by atoms with Crippen molar-refractivity contribution in [2.45, 2.75) is 32.4 Å². The van der Waals surface area contributed by atoms with Gasteiger partial charge in [0.1, 0.15) is 0 Å². The molecule has 1 rings (SSSR count). The summed E-state index contributed by atoms with van der Waals surface area (Å²) in [6, 6.07) is 0. The Morgan fingerprint density at radius 3 is 2.50 bits per heavy atom. The van der Waals surface area contributed by atoms with Crippen molar-refractivity contribution in [1.29, 1.82) is 0 Å². The summed E-state index contributed by atoms with van der Waals surface area (Å²) in [5, 5.41) is 2.95. The standard InChI is InChI=1S/C8H14S2/c1-8(2,3)6-7-4-5-9-10-7/h4-5,7H,6H2,1-3H3. The highest BCUT2D eigenvalue weighted by atomic mass is 33.1. The fourth-order valence-corrected chi connectivity index (χ4v) is 3.44. The summed E-state index contributed by atoms with van der Waals surface area (Å²) in [6.07, 6.45) is 3.60. The highest BCUT2D eigenvalue weighted by Crippen LogP contribution is 2.40. The van der Waals surface area contributed by atoms with Crippen molar-refractivity contribution in [3.63, 3.8) is 0 Å². The van der Waals surface area contributed by atoms with Crippen LogP contribution in [0.4, 0.5) is 0 Å². The molecule has 0 bridgehead atoms. The van der Waals surface area contributed by atoms with Crippen LogP contribution in [0.15, 0.2) is 11.5 Å². The number of rotatable bonds is 1. The molecule has 0 nitrogen and oxygen atoms in total. The first-order valence-electron chi connectivity index (χ1n) is 3.57. The predicted molar refractivity (Wildman–Crippen MR) is 52.2 cm³/mol. The number of hydrogen-bond donors (Lipinski definition) is 0. The minimum absolute atomic E-state index is 0.479. The summed E-state index contributed by atoms with van der Waals surface area (Å²) in [4.78, 5) is 0. The van der Waals surface area contributed by atoms with Gasteiger partial charge >= 0.3 is 0 Å². The molecule has 0 aliphatic carbocycles. The van der Waals surface area contributed by atoms with Gasteiger partial charge in [0, 0.05) is 5.25 Å². The van der Waals surface area contributed by atoms with Crippen molar-refractivity contribution >= 4 is 21.6 Å². The average molecular weight is 174 g/mol. The SMILES string of the molecule is CC(C)(C)CC1C=CSS1. The van der Waals surface area contributed by atoms with Gasteiger partial charge in [-0.15, -0.1) is 0 Å². The summed E-state index contributed by atoms with van der Waals surface area (Å²) >= 11 is 0. The van der Waals surface area contributed by atoms with E-state index in [4.69, 9.17) is 0 Å². The molecule has 0 spiro atoms. The minimum Gasteiger partial charge on any atom is -0.0819 e. The highest BCUT2D eigenvalue weighted by Gasteiger charge is 2.19. The summed E-state index contributed by atoms with van der Waals surface area (Å²) in [5.41, 5.74) is 0.479. The van der Waals surface area contributed by atoms with Crippen molar-refractivity contribution in [1.82, 2.24) is 0 Å². The van der Waals surface area contributed by atoms with E-state index in [1.54, 1.807) is 0 Å². The van der Waals surface area contributed by atoms with Gasteiger partial charge in [-0.1, -0.05) is 48.4 Å². The van der Waals surface area contributed by atoms with Gasteiger partial charge in [-0.05, 0) is 17.2 Å². The Labute approximate surface area is 71.2 Å². The van der Waals surface area contributed by atoms with Crippen molar-refractivity contribution in [2.24, 2.45) is 5.41 Å². The van der Waals surface area contributed by atoms with Crippen molar-refractivity contribution in [2.75, 3.05) is 0 Å². The zero-order chi connectivity index (χ0) is 7.61. The fraction of sp³-hybridized carbons (Fsp3) is 0.750. The van der Waals surface area contributed by atoms with Crippen LogP contribution in [0.25, 0.3) is 0 Å². The maximum atomic E-state index is 2.31. The van der Waals surface area contributed by atoms with E-state index >= 15 is 0 Å². The van der Waals surface area contributed by atoms with E-state index in [0.29, 0.717) is 5.41 Å². The van der Waals surface area contributed by atoms with Crippen LogP contribution in [0.2, 0.25) is 0 Å². The van der Waals surface area contributed by atoms with E-state index in [1.165, 1.54) is 6.42 Å². The zero-order valence-electron chi connectivity index (χ0n) is 6.76. The Morgan fingerprint density at radius 1 is 1.40 bits per heavy atom. The molecule has 0 amide bonds. The molecular formula is C8H14S2. The molecule has 1 heterocycles. The first-order valence-corrected chi connectivity index (χ1v) is 5.84. The fourth-order valence-electron chi connectivity index (χ4n) is 0.961. The van der Waals surface area contributed by atoms with Gasteiger partial charge in [0.25, 0.3) is 0 Å². The Morgan fingerprint density at radius 2 is 2.10 bits per heavy atom. The molecule has 1 aliphatic heterocycles. The van der Waals surface area contributed by atoms with Crippen LogP contribution in [0, 0.1) is 5.41 Å². The molecule has 0 aromatic heterocycles. The molecule has 0 aromatic carbocycles. The first-order chi connectivity index (χ1) is 4.58. The van der Waals surface area contributed by atoms with Crippen LogP contribution in [0.5, 0.6) is 0 Å². The first kappa shape index (κ1) is 8.54. The lowest BCUT2D eigenvalue weighted by molar-refractivity contribution is 0.386. The van der Waals surface area contributed by atoms with Crippen molar-refractivity contribution < 1.29 is 0 Å². The number of hydrogen-bond acceptors (Lipinski definition) is 2. The van der Waals surface area contributed by atoms with Gasteiger partial charge in [0.2, 0.25) is 0 Å². The second-order valence-electron chi connectivity index (χ2n) is 3.82. The summed E-state index contributed by atoms with van der Waals surface area (Å²) in [6.45, 7) is 6.89. The van der Waals surface area contributed by atoms with E-state index in [2.05, 4.69) is 32.3 Å². The van der Waals surface area contributed by atoms with Crippen LogP contribution in [-0.4, -0.2) is 5.25 Å². The van der Waals surface area contributed by atoms with Gasteiger partial charge in [0.15, 0.2) is 0 Å². The monoisotopic (exact) mass is 174 g/mol. The molecule has 1 aliphatic rings.